The number of aromatic nitrogens is 2. The number of thiazole rings is 1. The Morgan fingerprint density at radius 2 is 2.12 bits per heavy atom. The van der Waals surface area contributed by atoms with Gasteiger partial charge < -0.3 is 10.0 Å². The molecule has 0 fully saturated rings. The zero-order chi connectivity index (χ0) is 12.3. The molecule has 0 bridgehead atoms. The first-order valence-corrected chi connectivity index (χ1v) is 6.28. The third-order valence-electron chi connectivity index (χ3n) is 2.43. The zero-order valence-corrected chi connectivity index (χ0v) is 10.7. The number of hydrogen-bond donors (Lipinski definition) is 1. The maximum Gasteiger partial charge on any atom is 0.185 e. The summed E-state index contributed by atoms with van der Waals surface area (Å²) in [5.74, 6) is 0. The molecule has 2 heterocycles. The molecule has 0 aliphatic carbocycles. The molecule has 0 aliphatic rings. The van der Waals surface area contributed by atoms with Gasteiger partial charge in [-0.25, -0.2) is 4.98 Å². The number of nitrogens with zero attached hydrogens (tertiary/aromatic N) is 3. The Labute approximate surface area is 105 Å². The van der Waals surface area contributed by atoms with E-state index < -0.39 is 6.10 Å². The monoisotopic (exact) mass is 249 g/mol. The van der Waals surface area contributed by atoms with Gasteiger partial charge in [0.2, 0.25) is 0 Å². The Hall–Kier alpha value is -1.46. The number of aliphatic hydroxyl groups is 1. The van der Waals surface area contributed by atoms with Crippen LogP contribution < -0.4 is 4.90 Å². The Kier molecular flexibility index (Phi) is 3.71. The molecule has 0 radical (unpaired) electrons. The molecule has 2 aromatic rings. The lowest BCUT2D eigenvalue weighted by atomic mass is 10.2. The molecule has 0 saturated heterocycles. The van der Waals surface area contributed by atoms with Crippen molar-refractivity contribution in [3.8, 4) is 0 Å². The first-order valence-electron chi connectivity index (χ1n) is 5.40. The second-order valence-electron chi connectivity index (χ2n) is 3.94. The normalized spacial score (nSPS) is 12.4. The average Bonchev–Trinajstić information content (AvgIpc) is 2.79. The minimum absolute atomic E-state index is 0.505. The van der Waals surface area contributed by atoms with Gasteiger partial charge >= 0.3 is 0 Å². The molecule has 1 atom stereocenters. The van der Waals surface area contributed by atoms with Crippen LogP contribution in [0, 0.1) is 0 Å². The van der Waals surface area contributed by atoms with Crippen LogP contribution in [0.15, 0.2) is 29.9 Å². The summed E-state index contributed by atoms with van der Waals surface area (Å²) in [5.41, 5.74) is 1.92. The summed E-state index contributed by atoms with van der Waals surface area (Å²) in [6.45, 7) is 2.51. The van der Waals surface area contributed by atoms with Gasteiger partial charge in [-0.2, -0.15) is 0 Å². The van der Waals surface area contributed by atoms with Crippen LogP contribution in [0.5, 0.6) is 0 Å². The lowest BCUT2D eigenvalue weighted by Gasteiger charge is -2.15. The van der Waals surface area contributed by atoms with Crippen molar-refractivity contribution < 1.29 is 5.11 Å². The smallest absolute Gasteiger partial charge is 0.185 e. The van der Waals surface area contributed by atoms with Crippen molar-refractivity contribution in [2.24, 2.45) is 0 Å². The van der Waals surface area contributed by atoms with E-state index in [1.54, 1.807) is 30.7 Å². The lowest BCUT2D eigenvalue weighted by molar-refractivity contribution is 0.195. The van der Waals surface area contributed by atoms with Crippen molar-refractivity contribution in [3.63, 3.8) is 0 Å². The Bertz CT molecular complexity index is 470. The lowest BCUT2D eigenvalue weighted by Crippen LogP contribution is -2.16. The van der Waals surface area contributed by atoms with Crippen molar-refractivity contribution in [1.82, 2.24) is 9.97 Å². The summed E-state index contributed by atoms with van der Waals surface area (Å²) in [5, 5.41) is 12.2. The highest BCUT2D eigenvalue weighted by Gasteiger charge is 2.10. The summed E-state index contributed by atoms with van der Waals surface area (Å²) < 4.78 is 0. The van der Waals surface area contributed by atoms with Crippen LogP contribution in [0.1, 0.15) is 24.3 Å². The molecule has 0 spiro atoms. The topological polar surface area (TPSA) is 49.2 Å². The van der Waals surface area contributed by atoms with E-state index in [0.29, 0.717) is 0 Å². The van der Waals surface area contributed by atoms with Gasteiger partial charge in [0.1, 0.15) is 0 Å². The molecule has 5 heteroatoms. The van der Waals surface area contributed by atoms with Gasteiger partial charge in [0.15, 0.2) is 5.13 Å². The van der Waals surface area contributed by atoms with Gasteiger partial charge in [0, 0.05) is 31.4 Å². The fraction of sp³-hybridized carbons (Fsp3) is 0.333. The van der Waals surface area contributed by atoms with Crippen LogP contribution >= 0.6 is 11.3 Å². The number of aliphatic hydroxyl groups excluding tert-OH is 1. The van der Waals surface area contributed by atoms with Crippen LogP contribution in [-0.4, -0.2) is 22.1 Å². The Morgan fingerprint density at radius 3 is 2.71 bits per heavy atom. The fourth-order valence-electron chi connectivity index (χ4n) is 1.47. The molecule has 17 heavy (non-hydrogen) atoms. The highest BCUT2D eigenvalue weighted by Crippen LogP contribution is 2.24. The Balaban J connectivity index is 2.07. The van der Waals surface area contributed by atoms with Gasteiger partial charge in [-0.15, -0.1) is 11.3 Å². The number of rotatable bonds is 4. The molecule has 0 amide bonds. The van der Waals surface area contributed by atoms with Gasteiger partial charge in [-0.05, 0) is 24.6 Å². The number of hydrogen-bond acceptors (Lipinski definition) is 5. The molecule has 1 unspecified atom stereocenters. The van der Waals surface area contributed by atoms with E-state index in [-0.39, 0.29) is 0 Å². The summed E-state index contributed by atoms with van der Waals surface area (Å²) >= 11 is 1.54. The quantitative estimate of drug-likeness (QED) is 0.902. The van der Waals surface area contributed by atoms with Gasteiger partial charge in [-0.3, -0.25) is 4.98 Å². The van der Waals surface area contributed by atoms with Crippen molar-refractivity contribution in [2.45, 2.75) is 19.6 Å². The molecule has 0 saturated carbocycles. The number of pyridine rings is 1. The van der Waals surface area contributed by atoms with E-state index in [1.807, 2.05) is 24.6 Å². The predicted octanol–water partition coefficient (Wildman–Crippen LogP) is 2.23. The van der Waals surface area contributed by atoms with Crippen LogP contribution in [0.2, 0.25) is 0 Å². The minimum Gasteiger partial charge on any atom is -0.387 e. The molecule has 0 aliphatic heterocycles. The summed E-state index contributed by atoms with van der Waals surface area (Å²) in [6.07, 6.45) is 3.06. The molecular formula is C12H15N3OS. The van der Waals surface area contributed by atoms with Crippen molar-refractivity contribution in [2.75, 3.05) is 11.9 Å². The Morgan fingerprint density at radius 1 is 1.41 bits per heavy atom. The molecule has 4 nitrogen and oxygen atoms in total. The SMILES string of the molecule is CC(O)c1csc(N(C)Cc2ccncc2)n1. The number of anilines is 1. The van der Waals surface area contributed by atoms with Crippen molar-refractivity contribution in [1.29, 1.82) is 0 Å². The van der Waals surface area contributed by atoms with E-state index in [1.165, 1.54) is 5.56 Å². The summed E-state index contributed by atoms with van der Waals surface area (Å²) in [4.78, 5) is 10.4. The maximum atomic E-state index is 9.43. The molecule has 2 rings (SSSR count). The first-order chi connectivity index (χ1) is 8.16. The van der Waals surface area contributed by atoms with E-state index >= 15 is 0 Å². The van der Waals surface area contributed by atoms with E-state index in [0.717, 1.165) is 17.4 Å². The molecule has 90 valence electrons. The van der Waals surface area contributed by atoms with Crippen molar-refractivity contribution >= 4 is 16.5 Å². The largest absolute Gasteiger partial charge is 0.387 e. The maximum absolute atomic E-state index is 9.43. The standard InChI is InChI=1S/C12H15N3OS/c1-9(16)11-8-17-12(14-11)15(2)7-10-3-5-13-6-4-10/h3-6,8-9,16H,7H2,1-2H3. The third kappa shape index (κ3) is 3.01. The van der Waals surface area contributed by atoms with Crippen LogP contribution in [0.3, 0.4) is 0 Å². The second kappa shape index (κ2) is 5.25. The third-order valence-corrected chi connectivity index (χ3v) is 3.41. The molecule has 0 aromatic carbocycles. The second-order valence-corrected chi connectivity index (χ2v) is 4.78. The van der Waals surface area contributed by atoms with Crippen LogP contribution in [0.4, 0.5) is 5.13 Å². The zero-order valence-electron chi connectivity index (χ0n) is 9.87. The minimum atomic E-state index is -0.505. The fourth-order valence-corrected chi connectivity index (χ4v) is 2.35. The van der Waals surface area contributed by atoms with Gasteiger partial charge in [0.25, 0.3) is 0 Å². The van der Waals surface area contributed by atoms with Crippen LogP contribution in [-0.2, 0) is 6.54 Å². The van der Waals surface area contributed by atoms with Crippen LogP contribution in [0.25, 0.3) is 0 Å². The average molecular weight is 249 g/mol. The van der Waals surface area contributed by atoms with E-state index in [9.17, 15) is 5.11 Å². The van der Waals surface area contributed by atoms with Gasteiger partial charge in [-0.1, -0.05) is 0 Å². The highest BCUT2D eigenvalue weighted by atomic mass is 32.1. The highest BCUT2D eigenvalue weighted by molar-refractivity contribution is 7.13. The molecule has 2 aromatic heterocycles. The molecular weight excluding hydrogens is 234 g/mol. The first kappa shape index (κ1) is 12.0. The van der Waals surface area contributed by atoms with Crippen molar-refractivity contribution in [3.05, 3.63) is 41.2 Å². The summed E-state index contributed by atoms with van der Waals surface area (Å²) in [6, 6.07) is 3.97. The van der Waals surface area contributed by atoms with Gasteiger partial charge in [0.05, 0.1) is 11.8 Å². The van der Waals surface area contributed by atoms with E-state index in [4.69, 9.17) is 0 Å². The predicted molar refractivity (Wildman–Crippen MR) is 69.1 cm³/mol. The molecule has 1 N–H and O–H groups in total. The summed E-state index contributed by atoms with van der Waals surface area (Å²) in [7, 11) is 1.99. The van der Waals surface area contributed by atoms with E-state index in [2.05, 4.69) is 14.9 Å².